The maximum Gasteiger partial charge on any atom is 0.408 e. The number of carboxylic acids is 2. The number of amides is 2. The Bertz CT molecular complexity index is 1740. The molecule has 3 rings (SSSR count). The monoisotopic (exact) mass is 1120 g/mol. The molecule has 1 heterocycles. The zero-order valence-electron chi connectivity index (χ0n) is 43.0. The quantitative estimate of drug-likeness (QED) is 0.0532. The van der Waals surface area contributed by atoms with Crippen LogP contribution in [0, 0.1) is 13.8 Å². The fourth-order valence-corrected chi connectivity index (χ4v) is 6.63. The molecule has 4 atom stereocenters. The lowest BCUT2D eigenvalue weighted by atomic mass is 10.2. The molecule has 418 valence electrons. The maximum atomic E-state index is 12.3. The van der Waals surface area contributed by atoms with E-state index in [0.717, 1.165) is 41.6 Å². The van der Waals surface area contributed by atoms with Crippen LogP contribution in [0.25, 0.3) is 0 Å². The van der Waals surface area contributed by atoms with Crippen molar-refractivity contribution in [1.29, 1.82) is 0 Å². The normalized spacial score (nSPS) is 12.9. The molecule has 1 fully saturated rings. The van der Waals surface area contributed by atoms with Gasteiger partial charge in [-0.25, -0.2) is 24.0 Å². The van der Waals surface area contributed by atoms with Gasteiger partial charge in [-0.2, -0.15) is 47.0 Å². The summed E-state index contributed by atoms with van der Waals surface area (Å²) in [7, 11) is 0. The van der Waals surface area contributed by atoms with Gasteiger partial charge < -0.3 is 56.0 Å². The molecular formula is C50H89ClN4O13S4. The Morgan fingerprint density at radius 2 is 0.903 bits per heavy atom. The Hall–Kier alpha value is -3.57. The second-order valence-electron chi connectivity index (χ2n) is 17.2. The number of alkyl carbamates (subject to hydrolysis) is 2. The summed E-state index contributed by atoms with van der Waals surface area (Å²) < 4.78 is 25.6. The van der Waals surface area contributed by atoms with Gasteiger partial charge in [-0.05, 0) is 166 Å². The fourth-order valence-electron chi connectivity index (χ4n) is 4.71. The molecule has 1 aliphatic rings. The van der Waals surface area contributed by atoms with Crippen molar-refractivity contribution in [3.8, 4) is 11.5 Å². The van der Waals surface area contributed by atoms with Crippen molar-refractivity contribution in [3.05, 3.63) is 59.7 Å². The number of ether oxygens (including phenoxy) is 5. The van der Waals surface area contributed by atoms with E-state index in [1.165, 1.54) is 24.6 Å². The van der Waals surface area contributed by atoms with Gasteiger partial charge in [0.2, 0.25) is 0 Å². The topological polar surface area (TPSA) is 265 Å². The number of benzene rings is 2. The van der Waals surface area contributed by atoms with Crippen molar-refractivity contribution in [2.24, 2.45) is 11.5 Å². The average molecular weight is 1120 g/mol. The summed E-state index contributed by atoms with van der Waals surface area (Å²) in [5.41, 5.74) is 11.9. The molecule has 4 unspecified atom stereocenters. The number of nitrogens with two attached hydrogens (primary N) is 2. The number of aliphatic carboxylic acids is 2. The van der Waals surface area contributed by atoms with E-state index in [4.69, 9.17) is 45.4 Å². The van der Waals surface area contributed by atoms with Crippen LogP contribution in [-0.2, 0) is 33.4 Å². The van der Waals surface area contributed by atoms with Crippen LogP contribution in [0.3, 0.4) is 0 Å². The van der Waals surface area contributed by atoms with Crippen molar-refractivity contribution in [3.63, 3.8) is 0 Å². The van der Waals surface area contributed by atoms with Gasteiger partial charge in [0.15, 0.2) is 0 Å². The first-order valence-electron chi connectivity index (χ1n) is 22.3. The molecule has 0 aromatic heterocycles. The lowest BCUT2D eigenvalue weighted by Crippen LogP contribution is -2.45. The molecule has 0 saturated carbocycles. The molecule has 17 nitrogen and oxygen atoms in total. The Morgan fingerprint density at radius 1 is 0.569 bits per heavy atom. The Morgan fingerprint density at radius 3 is 1.22 bits per heavy atom. The third kappa shape index (κ3) is 45.1. The molecule has 72 heavy (non-hydrogen) atoms. The lowest BCUT2D eigenvalue weighted by Gasteiger charge is -2.22. The number of esters is 2. The van der Waals surface area contributed by atoms with Gasteiger partial charge in [0.1, 0.15) is 46.9 Å². The van der Waals surface area contributed by atoms with Crippen molar-refractivity contribution >= 4 is 95.5 Å². The summed E-state index contributed by atoms with van der Waals surface area (Å²) >= 11 is 6.40. The fraction of sp³-hybridized carbons (Fsp3) is 0.640. The van der Waals surface area contributed by atoms with Crippen LogP contribution in [0.1, 0.15) is 106 Å². The lowest BCUT2D eigenvalue weighted by molar-refractivity contribution is -0.140. The molecule has 1 saturated heterocycles. The number of carbonyl (C=O) groups excluding carboxylic acids is 4. The van der Waals surface area contributed by atoms with Crippen LogP contribution in [0.4, 0.5) is 9.59 Å². The van der Waals surface area contributed by atoms with Crippen molar-refractivity contribution in [2.45, 2.75) is 144 Å². The molecule has 22 heteroatoms. The molecule has 2 aromatic rings. The molecular weight excluding hydrogens is 1030 g/mol. The highest BCUT2D eigenvalue weighted by Crippen LogP contribution is 2.16. The largest absolute Gasteiger partial charge is 0.480 e. The molecule has 8 N–H and O–H groups in total. The van der Waals surface area contributed by atoms with Gasteiger partial charge in [-0.3, -0.25) is 4.79 Å². The van der Waals surface area contributed by atoms with Crippen LogP contribution in [0.2, 0.25) is 0 Å². The number of halogens is 1. The predicted molar refractivity (Wildman–Crippen MR) is 304 cm³/mol. The molecule has 0 radical (unpaired) electrons. The molecule has 0 spiro atoms. The van der Waals surface area contributed by atoms with Crippen LogP contribution in [0.5, 0.6) is 11.5 Å². The summed E-state index contributed by atoms with van der Waals surface area (Å²) in [5, 5.41) is 22.1. The van der Waals surface area contributed by atoms with Crippen molar-refractivity contribution in [1.82, 2.24) is 10.6 Å². The van der Waals surface area contributed by atoms with Gasteiger partial charge >= 0.3 is 36.1 Å². The molecule has 0 bridgehead atoms. The standard InChI is InChI=1S/C17H25NO4S.C12H17NO2S.C10H19NO4S.C5H11NO2S.C4H8O.2CH4.ClH/c1-12-6-8-13(9-7-12)21-15(19)14(10-11-23-5)18-16(20)22-17(2,3)4;1-9-3-5-10(6-4-9)15-12(14)11(13)7-8-16-2;1-10(2,3)15-9(14)11-7(8(12)13)5-6-16-4;1-9-3-2-4(6)5(7)8;1-2-4-5-3-1;;;/h6-9,14H,10-11H2,1-5H3,(H,18,20);3-6,11H,7-8,13H2,1-2H3;7H,5-6H2,1-4H3,(H,11,14)(H,12,13);4H,2-3,6H2,1H3,(H,7,8);1-4H2;2*1H4;1H. The summed E-state index contributed by atoms with van der Waals surface area (Å²) in [5.74, 6) is 1.28. The summed E-state index contributed by atoms with van der Waals surface area (Å²) in [6, 6.07) is 11.7. The summed E-state index contributed by atoms with van der Waals surface area (Å²) in [6.45, 7) is 16.4. The van der Waals surface area contributed by atoms with Crippen LogP contribution < -0.4 is 31.6 Å². The summed E-state index contributed by atoms with van der Waals surface area (Å²) in [6.07, 6.45) is 11.0. The number of carbonyl (C=O) groups is 6. The minimum Gasteiger partial charge on any atom is -0.480 e. The second kappa shape index (κ2) is 44.9. The first kappa shape index (κ1) is 77.3. The van der Waals surface area contributed by atoms with E-state index in [2.05, 4.69) is 10.6 Å². The Labute approximate surface area is 454 Å². The first-order valence-corrected chi connectivity index (χ1v) is 27.9. The predicted octanol–water partition coefficient (Wildman–Crippen LogP) is 9.89. The average Bonchev–Trinajstić information content (AvgIpc) is 3.86. The highest BCUT2D eigenvalue weighted by molar-refractivity contribution is 7.99. The SMILES string of the molecule is C.C.C1CCOC1.CSCCC(N)C(=O)O.CSCCC(N)C(=O)Oc1ccc(C)cc1.CSCCC(NC(=O)OC(C)(C)C)C(=O)O.CSCCC(NC(=O)OC(C)(C)C)C(=O)Oc1ccc(C)cc1.Cl. The van der Waals surface area contributed by atoms with E-state index in [-0.39, 0.29) is 33.2 Å². The zero-order chi connectivity index (χ0) is 53.0. The number of hydrogen-bond acceptors (Lipinski definition) is 17. The van der Waals surface area contributed by atoms with Crippen molar-refractivity contribution in [2.75, 3.05) is 61.2 Å². The van der Waals surface area contributed by atoms with E-state index >= 15 is 0 Å². The maximum absolute atomic E-state index is 12.3. The van der Waals surface area contributed by atoms with Gasteiger partial charge in [-0.1, -0.05) is 50.2 Å². The first-order chi connectivity index (χ1) is 32.3. The van der Waals surface area contributed by atoms with E-state index in [1.54, 1.807) is 101 Å². The highest BCUT2D eigenvalue weighted by Gasteiger charge is 2.26. The molecule has 2 aromatic carbocycles. The molecule has 2 amide bonds. The smallest absolute Gasteiger partial charge is 0.408 e. The third-order valence-electron chi connectivity index (χ3n) is 8.38. The number of aryl methyl sites for hydroxylation is 2. The zero-order valence-corrected chi connectivity index (χ0v) is 47.1. The van der Waals surface area contributed by atoms with Gasteiger partial charge in [0, 0.05) is 13.2 Å². The van der Waals surface area contributed by atoms with E-state index in [1.807, 2.05) is 63.1 Å². The van der Waals surface area contributed by atoms with Crippen LogP contribution >= 0.6 is 59.5 Å². The van der Waals surface area contributed by atoms with E-state index in [9.17, 15) is 28.8 Å². The van der Waals surface area contributed by atoms with Gasteiger partial charge in [-0.15, -0.1) is 12.4 Å². The molecule has 0 aliphatic carbocycles. The molecule has 1 aliphatic heterocycles. The second-order valence-corrected chi connectivity index (χ2v) is 21.1. The minimum absolute atomic E-state index is 0. The Kier molecular flexibility index (Phi) is 48.2. The summed E-state index contributed by atoms with van der Waals surface area (Å²) in [4.78, 5) is 68.0. The number of hydrogen-bond donors (Lipinski definition) is 6. The highest BCUT2D eigenvalue weighted by atomic mass is 35.5. The number of nitrogens with one attached hydrogen (secondary N) is 2. The van der Waals surface area contributed by atoms with Crippen LogP contribution in [-0.4, -0.2) is 143 Å². The van der Waals surface area contributed by atoms with E-state index in [0.29, 0.717) is 42.9 Å². The number of thioether (sulfide) groups is 4. The minimum atomic E-state index is -1.04. The number of rotatable bonds is 20. The third-order valence-corrected chi connectivity index (χ3v) is 11.0. The van der Waals surface area contributed by atoms with Crippen LogP contribution in [0.15, 0.2) is 48.5 Å². The van der Waals surface area contributed by atoms with Crippen molar-refractivity contribution < 1.29 is 62.7 Å². The Balaban J connectivity index is -0.000000273. The number of carboxylic acid groups (broad SMARTS) is 2. The van der Waals surface area contributed by atoms with Gasteiger partial charge in [0.25, 0.3) is 0 Å². The van der Waals surface area contributed by atoms with Gasteiger partial charge in [0.05, 0.1) is 0 Å². The van der Waals surface area contributed by atoms with E-state index < -0.39 is 65.5 Å².